The van der Waals surface area contributed by atoms with Crippen LogP contribution in [0.4, 0.5) is 4.39 Å². The van der Waals surface area contributed by atoms with E-state index in [2.05, 4.69) is 37.7 Å². The molecule has 1 aromatic rings. The highest BCUT2D eigenvalue weighted by Gasteiger charge is 2.33. The van der Waals surface area contributed by atoms with Gasteiger partial charge in [0.1, 0.15) is 5.82 Å². The van der Waals surface area contributed by atoms with E-state index in [4.69, 9.17) is 11.6 Å². The van der Waals surface area contributed by atoms with Crippen molar-refractivity contribution < 1.29 is 9.18 Å². The Hall–Kier alpha value is -1.17. The third-order valence-corrected chi connectivity index (χ3v) is 4.69. The first kappa shape index (κ1) is 18.2. The Labute approximate surface area is 142 Å². The fourth-order valence-corrected chi connectivity index (χ4v) is 3.38. The van der Waals surface area contributed by atoms with Crippen molar-refractivity contribution in [2.24, 2.45) is 0 Å². The summed E-state index contributed by atoms with van der Waals surface area (Å²) in [7, 11) is 4.10. The summed E-state index contributed by atoms with van der Waals surface area (Å²) in [5.41, 5.74) is -0.0182. The summed E-state index contributed by atoms with van der Waals surface area (Å²) in [6.45, 7) is 7.31. The molecule has 0 saturated carbocycles. The molecule has 0 bridgehead atoms. The van der Waals surface area contributed by atoms with Gasteiger partial charge in [-0.2, -0.15) is 0 Å². The molecule has 23 heavy (non-hydrogen) atoms. The van der Waals surface area contributed by atoms with Crippen LogP contribution in [-0.4, -0.2) is 73.0 Å². The number of likely N-dealkylation sites (N-methyl/N-ethyl adjacent to an activating group) is 1. The Morgan fingerprint density at radius 1 is 1.30 bits per heavy atom. The summed E-state index contributed by atoms with van der Waals surface area (Å²) in [5.74, 6) is -0.878. The van der Waals surface area contributed by atoms with Crippen LogP contribution in [0.5, 0.6) is 0 Å². The van der Waals surface area contributed by atoms with E-state index in [9.17, 15) is 9.18 Å². The number of hydrogen-bond acceptors (Lipinski definition) is 3. The third-order valence-electron chi connectivity index (χ3n) is 4.37. The topological polar surface area (TPSA) is 26.8 Å². The average Bonchev–Trinajstić information content (AvgIpc) is 2.45. The highest BCUT2D eigenvalue weighted by Crippen LogP contribution is 2.23. The largest absolute Gasteiger partial charge is 0.335 e. The molecule has 1 amide bonds. The van der Waals surface area contributed by atoms with Crippen molar-refractivity contribution >= 4 is 17.5 Å². The second kappa shape index (κ2) is 7.60. The number of hydrogen-bond donors (Lipinski definition) is 0. The molecule has 2 unspecified atom stereocenters. The molecule has 0 radical (unpaired) electrons. The minimum atomic E-state index is -0.558. The molecule has 1 aliphatic heterocycles. The lowest BCUT2D eigenvalue weighted by atomic mass is 10.1. The third kappa shape index (κ3) is 4.22. The standard InChI is InChI=1S/C17H25ClFN3O/c1-12-10-21(11-13(2)22(12)9-8-20(3)4)17(23)16-14(18)6-5-7-15(16)19/h5-7,12-13H,8-11H2,1-4H3. The zero-order valence-corrected chi connectivity index (χ0v) is 15.0. The SMILES string of the molecule is CC1CN(C(=O)c2c(F)cccc2Cl)CC(C)N1CCN(C)C. The lowest BCUT2D eigenvalue weighted by Gasteiger charge is -2.44. The summed E-state index contributed by atoms with van der Waals surface area (Å²) in [6, 6.07) is 4.80. The zero-order chi connectivity index (χ0) is 17.1. The van der Waals surface area contributed by atoms with Crippen molar-refractivity contribution in [3.8, 4) is 0 Å². The molecule has 1 aromatic carbocycles. The van der Waals surface area contributed by atoms with Gasteiger partial charge in [0.2, 0.25) is 0 Å². The highest BCUT2D eigenvalue weighted by atomic mass is 35.5. The second-order valence-electron chi connectivity index (χ2n) is 6.55. The lowest BCUT2D eigenvalue weighted by molar-refractivity contribution is 0.0280. The summed E-state index contributed by atoms with van der Waals surface area (Å²) in [4.78, 5) is 18.9. The Kier molecular flexibility index (Phi) is 6.00. The van der Waals surface area contributed by atoms with Crippen molar-refractivity contribution in [2.45, 2.75) is 25.9 Å². The number of nitrogens with zero attached hydrogens (tertiary/aromatic N) is 3. The van der Waals surface area contributed by atoms with Gasteiger partial charge < -0.3 is 9.80 Å². The molecule has 6 heteroatoms. The number of benzene rings is 1. The number of carbonyl (C=O) groups excluding carboxylic acids is 1. The van der Waals surface area contributed by atoms with E-state index < -0.39 is 5.82 Å². The second-order valence-corrected chi connectivity index (χ2v) is 6.95. The minimum absolute atomic E-state index is 0.0182. The highest BCUT2D eigenvalue weighted by molar-refractivity contribution is 6.33. The van der Waals surface area contributed by atoms with Gasteiger partial charge in [-0.15, -0.1) is 0 Å². The first-order valence-electron chi connectivity index (χ1n) is 7.95. The lowest BCUT2D eigenvalue weighted by Crippen LogP contribution is -2.59. The molecule has 4 nitrogen and oxygen atoms in total. The van der Waals surface area contributed by atoms with Crippen LogP contribution < -0.4 is 0 Å². The van der Waals surface area contributed by atoms with Crippen LogP contribution in [-0.2, 0) is 0 Å². The molecule has 0 aromatic heterocycles. The molecule has 128 valence electrons. The molecule has 1 aliphatic rings. The van der Waals surface area contributed by atoms with Crippen LogP contribution in [0.3, 0.4) is 0 Å². The van der Waals surface area contributed by atoms with Gasteiger partial charge in [-0.05, 0) is 40.1 Å². The Morgan fingerprint density at radius 3 is 2.43 bits per heavy atom. The summed E-state index contributed by atoms with van der Waals surface area (Å²) in [6.07, 6.45) is 0. The first-order chi connectivity index (χ1) is 10.8. The molecule has 2 rings (SSSR count). The predicted molar refractivity (Wildman–Crippen MR) is 91.5 cm³/mol. The molecular formula is C17H25ClFN3O. The van der Waals surface area contributed by atoms with Gasteiger partial charge in [-0.25, -0.2) is 4.39 Å². The monoisotopic (exact) mass is 341 g/mol. The van der Waals surface area contributed by atoms with Crippen molar-refractivity contribution in [3.05, 3.63) is 34.6 Å². The van der Waals surface area contributed by atoms with Gasteiger partial charge >= 0.3 is 0 Å². The first-order valence-corrected chi connectivity index (χ1v) is 8.32. The van der Waals surface area contributed by atoms with E-state index in [1.807, 2.05) is 0 Å². The van der Waals surface area contributed by atoms with Crippen molar-refractivity contribution in [1.82, 2.24) is 14.7 Å². The van der Waals surface area contributed by atoms with Crippen LogP contribution in [0, 0.1) is 5.82 Å². The quantitative estimate of drug-likeness (QED) is 0.842. The van der Waals surface area contributed by atoms with Gasteiger partial charge in [0, 0.05) is 38.3 Å². The summed E-state index contributed by atoms with van der Waals surface area (Å²) in [5, 5.41) is 0.172. The normalized spacial score (nSPS) is 22.7. The summed E-state index contributed by atoms with van der Waals surface area (Å²) >= 11 is 6.03. The van der Waals surface area contributed by atoms with E-state index in [-0.39, 0.29) is 28.6 Å². The maximum atomic E-state index is 14.0. The van der Waals surface area contributed by atoms with Crippen molar-refractivity contribution in [1.29, 1.82) is 0 Å². The van der Waals surface area contributed by atoms with Gasteiger partial charge in [-0.3, -0.25) is 9.69 Å². The van der Waals surface area contributed by atoms with Gasteiger partial charge in [0.15, 0.2) is 0 Å². The van der Waals surface area contributed by atoms with E-state index in [0.29, 0.717) is 13.1 Å². The molecule has 0 N–H and O–H groups in total. The molecule has 0 aliphatic carbocycles. The molecule has 1 saturated heterocycles. The van der Waals surface area contributed by atoms with Crippen LogP contribution in [0.2, 0.25) is 5.02 Å². The van der Waals surface area contributed by atoms with Crippen molar-refractivity contribution in [2.75, 3.05) is 40.3 Å². The predicted octanol–water partition coefficient (Wildman–Crippen LogP) is 2.58. The van der Waals surface area contributed by atoms with Crippen LogP contribution in [0.1, 0.15) is 24.2 Å². The average molecular weight is 342 g/mol. The maximum Gasteiger partial charge on any atom is 0.258 e. The minimum Gasteiger partial charge on any atom is -0.335 e. The van der Waals surface area contributed by atoms with Crippen LogP contribution in [0.25, 0.3) is 0 Å². The van der Waals surface area contributed by atoms with E-state index in [0.717, 1.165) is 13.1 Å². The summed E-state index contributed by atoms with van der Waals surface area (Å²) < 4.78 is 14.0. The van der Waals surface area contributed by atoms with E-state index in [1.54, 1.807) is 11.0 Å². The van der Waals surface area contributed by atoms with Crippen molar-refractivity contribution in [3.63, 3.8) is 0 Å². The zero-order valence-electron chi connectivity index (χ0n) is 14.2. The Bertz CT molecular complexity index is 535. The Morgan fingerprint density at radius 2 is 1.91 bits per heavy atom. The smallest absolute Gasteiger partial charge is 0.258 e. The van der Waals surface area contributed by atoms with E-state index >= 15 is 0 Å². The fraction of sp³-hybridized carbons (Fsp3) is 0.588. The number of carbonyl (C=O) groups is 1. The van der Waals surface area contributed by atoms with Gasteiger partial charge in [-0.1, -0.05) is 17.7 Å². The van der Waals surface area contributed by atoms with Crippen LogP contribution >= 0.6 is 11.6 Å². The molecule has 1 heterocycles. The number of amides is 1. The number of halogens is 2. The van der Waals surface area contributed by atoms with E-state index in [1.165, 1.54) is 12.1 Å². The maximum absolute atomic E-state index is 14.0. The fourth-order valence-electron chi connectivity index (χ4n) is 3.14. The Balaban J connectivity index is 2.10. The number of rotatable bonds is 4. The molecule has 2 atom stereocenters. The van der Waals surface area contributed by atoms with Gasteiger partial charge in [0.25, 0.3) is 5.91 Å². The molecule has 0 spiro atoms. The van der Waals surface area contributed by atoms with Crippen LogP contribution in [0.15, 0.2) is 18.2 Å². The van der Waals surface area contributed by atoms with Gasteiger partial charge in [0.05, 0.1) is 10.6 Å². The number of piperazine rings is 1. The molecular weight excluding hydrogens is 317 g/mol. The molecule has 1 fully saturated rings.